The lowest BCUT2D eigenvalue weighted by atomic mass is 10.5. The smallest absolute Gasteiger partial charge is 0.322 e. The third-order valence-electron chi connectivity index (χ3n) is 1.94. The van der Waals surface area contributed by atoms with E-state index in [1.165, 1.54) is 7.05 Å². The molecule has 0 atom stereocenters. The molecule has 0 heterocycles. The number of amides is 4. The van der Waals surface area contributed by atoms with E-state index in [1.54, 1.807) is 6.92 Å². The zero-order valence-corrected chi connectivity index (χ0v) is 10.9. The average Bonchev–Trinajstić information content (AvgIpc) is 2.33. The van der Waals surface area contributed by atoms with Gasteiger partial charge >= 0.3 is 12.0 Å². The van der Waals surface area contributed by atoms with Crippen LogP contribution < -0.4 is 16.0 Å². The summed E-state index contributed by atoms with van der Waals surface area (Å²) in [6.45, 7) is 1.22. The minimum absolute atomic E-state index is 0.129. The highest BCUT2D eigenvalue weighted by molar-refractivity contribution is 5.88. The topological polar surface area (TPSA) is 128 Å². The molecule has 0 saturated heterocycles. The number of hydrogen-bond donors (Lipinski definition) is 4. The van der Waals surface area contributed by atoms with Crippen molar-refractivity contribution in [2.45, 2.75) is 6.92 Å². The van der Waals surface area contributed by atoms with E-state index in [0.717, 1.165) is 4.90 Å². The Morgan fingerprint density at radius 3 is 2.16 bits per heavy atom. The molecule has 0 unspecified atom stereocenters. The molecular formula is C10H18N4O5. The molecule has 108 valence electrons. The highest BCUT2D eigenvalue weighted by atomic mass is 16.4. The van der Waals surface area contributed by atoms with Gasteiger partial charge in [0.2, 0.25) is 11.8 Å². The fourth-order valence-corrected chi connectivity index (χ4v) is 1.07. The molecule has 0 saturated carbocycles. The van der Waals surface area contributed by atoms with Crippen LogP contribution in [0.15, 0.2) is 0 Å². The Balaban J connectivity index is 3.93. The van der Waals surface area contributed by atoms with E-state index in [1.807, 2.05) is 0 Å². The van der Waals surface area contributed by atoms with Crippen LogP contribution in [-0.2, 0) is 14.4 Å². The number of carbonyl (C=O) groups excluding carboxylic acids is 3. The van der Waals surface area contributed by atoms with E-state index in [-0.39, 0.29) is 19.0 Å². The molecule has 0 spiro atoms. The number of hydrogen-bond acceptors (Lipinski definition) is 4. The zero-order valence-electron chi connectivity index (χ0n) is 10.9. The van der Waals surface area contributed by atoms with E-state index in [4.69, 9.17) is 5.11 Å². The van der Waals surface area contributed by atoms with Crippen LogP contribution in [0.1, 0.15) is 6.92 Å². The summed E-state index contributed by atoms with van der Waals surface area (Å²) >= 11 is 0. The molecule has 0 aromatic heterocycles. The summed E-state index contributed by atoms with van der Waals surface area (Å²) in [5.41, 5.74) is 0. The number of carbonyl (C=O) groups is 4. The number of urea groups is 1. The SMILES string of the molecule is CCNC(=O)CN(C)C(=O)NCC(=O)NCC(=O)O. The summed E-state index contributed by atoms with van der Waals surface area (Å²) in [6, 6.07) is -0.600. The van der Waals surface area contributed by atoms with Crippen LogP contribution in [0.5, 0.6) is 0 Å². The number of rotatable bonds is 7. The van der Waals surface area contributed by atoms with Crippen molar-refractivity contribution in [3.05, 3.63) is 0 Å². The Hall–Kier alpha value is -2.32. The molecule has 0 aliphatic carbocycles. The number of nitrogens with one attached hydrogen (secondary N) is 3. The second kappa shape index (κ2) is 8.72. The lowest BCUT2D eigenvalue weighted by Crippen LogP contribution is -2.46. The van der Waals surface area contributed by atoms with Gasteiger partial charge in [0.1, 0.15) is 13.1 Å². The van der Waals surface area contributed by atoms with E-state index in [0.29, 0.717) is 6.54 Å². The lowest BCUT2D eigenvalue weighted by molar-refractivity contribution is -0.137. The molecular weight excluding hydrogens is 256 g/mol. The predicted molar refractivity (Wildman–Crippen MR) is 65.4 cm³/mol. The molecule has 4 amide bonds. The van der Waals surface area contributed by atoms with E-state index in [9.17, 15) is 19.2 Å². The van der Waals surface area contributed by atoms with Crippen LogP contribution >= 0.6 is 0 Å². The molecule has 0 aromatic carbocycles. The Morgan fingerprint density at radius 2 is 1.63 bits per heavy atom. The molecule has 0 aliphatic heterocycles. The molecule has 0 rings (SSSR count). The van der Waals surface area contributed by atoms with Crippen molar-refractivity contribution in [1.82, 2.24) is 20.9 Å². The molecule has 0 aliphatic rings. The highest BCUT2D eigenvalue weighted by Crippen LogP contribution is 1.84. The second-order valence-corrected chi connectivity index (χ2v) is 3.64. The molecule has 9 nitrogen and oxygen atoms in total. The Morgan fingerprint density at radius 1 is 1.00 bits per heavy atom. The number of carboxylic acids is 1. The molecule has 0 bridgehead atoms. The zero-order chi connectivity index (χ0) is 14.8. The van der Waals surface area contributed by atoms with Gasteiger partial charge < -0.3 is 26.0 Å². The van der Waals surface area contributed by atoms with Crippen molar-refractivity contribution >= 4 is 23.8 Å². The first-order chi connectivity index (χ1) is 8.86. The first kappa shape index (κ1) is 16.7. The number of nitrogens with zero attached hydrogens (tertiary/aromatic N) is 1. The summed E-state index contributed by atoms with van der Waals surface area (Å²) in [5.74, 6) is -2.11. The predicted octanol–water partition coefficient (Wildman–Crippen LogP) is -2.04. The van der Waals surface area contributed by atoms with Crippen molar-refractivity contribution in [2.24, 2.45) is 0 Å². The quantitative estimate of drug-likeness (QED) is 0.425. The summed E-state index contributed by atoms with van der Waals surface area (Å²) in [5, 5.41) is 15.2. The highest BCUT2D eigenvalue weighted by Gasteiger charge is 2.13. The summed E-state index contributed by atoms with van der Waals surface area (Å²) in [7, 11) is 1.40. The van der Waals surface area contributed by atoms with Gasteiger partial charge in [0.05, 0.1) is 6.54 Å². The van der Waals surface area contributed by atoms with Gasteiger partial charge in [-0.25, -0.2) is 4.79 Å². The minimum atomic E-state index is -1.17. The van der Waals surface area contributed by atoms with Gasteiger partial charge in [0, 0.05) is 13.6 Å². The molecule has 19 heavy (non-hydrogen) atoms. The van der Waals surface area contributed by atoms with Crippen LogP contribution in [0.4, 0.5) is 4.79 Å². The molecule has 9 heteroatoms. The molecule has 0 aromatic rings. The average molecular weight is 274 g/mol. The van der Waals surface area contributed by atoms with Crippen LogP contribution in [0, 0.1) is 0 Å². The molecule has 4 N–H and O–H groups in total. The minimum Gasteiger partial charge on any atom is -0.480 e. The van der Waals surface area contributed by atoms with Gasteiger partial charge in [-0.1, -0.05) is 0 Å². The fourth-order valence-electron chi connectivity index (χ4n) is 1.07. The fraction of sp³-hybridized carbons (Fsp3) is 0.600. The van der Waals surface area contributed by atoms with Gasteiger partial charge in [0.25, 0.3) is 0 Å². The molecule has 0 radical (unpaired) electrons. The Labute approximate surface area is 110 Å². The normalized spacial score (nSPS) is 9.37. The third-order valence-corrected chi connectivity index (χ3v) is 1.94. The van der Waals surface area contributed by atoms with Crippen molar-refractivity contribution in [2.75, 3.05) is 33.2 Å². The molecule has 0 fully saturated rings. The van der Waals surface area contributed by atoms with Crippen molar-refractivity contribution in [3.8, 4) is 0 Å². The number of likely N-dealkylation sites (N-methyl/N-ethyl adjacent to an activating group) is 2. The number of carboxylic acid groups (broad SMARTS) is 1. The van der Waals surface area contributed by atoms with E-state index in [2.05, 4.69) is 16.0 Å². The maximum Gasteiger partial charge on any atom is 0.322 e. The van der Waals surface area contributed by atoms with Crippen LogP contribution in [0.25, 0.3) is 0 Å². The first-order valence-electron chi connectivity index (χ1n) is 5.61. The van der Waals surface area contributed by atoms with Gasteiger partial charge in [-0.15, -0.1) is 0 Å². The maximum absolute atomic E-state index is 11.5. The van der Waals surface area contributed by atoms with Crippen LogP contribution in [-0.4, -0.2) is 67.0 Å². The van der Waals surface area contributed by atoms with Crippen LogP contribution in [0.2, 0.25) is 0 Å². The Kier molecular flexibility index (Phi) is 7.66. The lowest BCUT2D eigenvalue weighted by Gasteiger charge is -2.17. The van der Waals surface area contributed by atoms with Gasteiger partial charge in [0.15, 0.2) is 0 Å². The van der Waals surface area contributed by atoms with Gasteiger partial charge in [-0.05, 0) is 6.92 Å². The largest absolute Gasteiger partial charge is 0.480 e. The second-order valence-electron chi connectivity index (χ2n) is 3.64. The summed E-state index contributed by atoms with van der Waals surface area (Å²) in [6.07, 6.45) is 0. The standard InChI is InChI=1S/C10H18N4O5/c1-3-11-8(16)6-14(2)10(19)13-4-7(15)12-5-9(17)18/h3-6H2,1-2H3,(H,11,16)(H,12,15)(H,13,19)(H,17,18). The maximum atomic E-state index is 11.5. The van der Waals surface area contributed by atoms with Gasteiger partial charge in [-0.3, -0.25) is 14.4 Å². The summed E-state index contributed by atoms with van der Waals surface area (Å²) in [4.78, 5) is 45.1. The van der Waals surface area contributed by atoms with Crippen molar-refractivity contribution < 1.29 is 24.3 Å². The van der Waals surface area contributed by atoms with Crippen molar-refractivity contribution in [3.63, 3.8) is 0 Å². The third kappa shape index (κ3) is 8.41. The summed E-state index contributed by atoms with van der Waals surface area (Å²) < 4.78 is 0. The van der Waals surface area contributed by atoms with Crippen LogP contribution in [0.3, 0.4) is 0 Å². The first-order valence-corrected chi connectivity index (χ1v) is 5.61. The monoisotopic (exact) mass is 274 g/mol. The van der Waals surface area contributed by atoms with E-state index < -0.39 is 24.5 Å². The van der Waals surface area contributed by atoms with Crippen molar-refractivity contribution in [1.29, 1.82) is 0 Å². The number of aliphatic carboxylic acids is 1. The van der Waals surface area contributed by atoms with E-state index >= 15 is 0 Å². The Bertz CT molecular complexity index is 358. The van der Waals surface area contributed by atoms with Gasteiger partial charge in [-0.2, -0.15) is 0 Å².